The van der Waals surface area contributed by atoms with E-state index in [1.54, 1.807) is 43.7 Å². The quantitative estimate of drug-likeness (QED) is 0.897. The van der Waals surface area contributed by atoms with E-state index in [2.05, 4.69) is 10.3 Å². The van der Waals surface area contributed by atoms with Crippen molar-refractivity contribution >= 4 is 28.8 Å². The van der Waals surface area contributed by atoms with E-state index in [1.807, 2.05) is 0 Å². The van der Waals surface area contributed by atoms with Crippen molar-refractivity contribution in [3.8, 4) is 0 Å². The number of rotatable bonds is 4. The van der Waals surface area contributed by atoms with Crippen molar-refractivity contribution in [3.63, 3.8) is 0 Å². The Morgan fingerprint density at radius 1 is 1.29 bits per heavy atom. The lowest BCUT2D eigenvalue weighted by Crippen LogP contribution is -2.21. The largest absolute Gasteiger partial charge is 0.345 e. The second kappa shape index (κ2) is 6.47. The smallest absolute Gasteiger partial charge is 0.275 e. The summed E-state index contributed by atoms with van der Waals surface area (Å²) >= 11 is 1.35. The summed E-state index contributed by atoms with van der Waals surface area (Å²) < 4.78 is 0. The van der Waals surface area contributed by atoms with Crippen LogP contribution in [0.2, 0.25) is 0 Å². The second-order valence-corrected chi connectivity index (χ2v) is 5.50. The van der Waals surface area contributed by atoms with Crippen LogP contribution in [0.15, 0.2) is 29.6 Å². The summed E-state index contributed by atoms with van der Waals surface area (Å²) in [6.45, 7) is 0.319. The Bertz CT molecular complexity index is 649. The Balaban J connectivity index is 2.06. The number of amides is 2. The van der Waals surface area contributed by atoms with Crippen LogP contribution in [0.4, 0.5) is 5.69 Å². The van der Waals surface area contributed by atoms with Crippen LogP contribution in [0.5, 0.6) is 0 Å². The van der Waals surface area contributed by atoms with Crippen molar-refractivity contribution in [2.45, 2.75) is 6.54 Å². The first-order valence-electron chi connectivity index (χ1n) is 6.29. The number of carbonyl (C=O) groups is 2. The fraction of sp³-hybridized carbons (Fsp3) is 0.214. The van der Waals surface area contributed by atoms with Crippen LogP contribution in [0.1, 0.15) is 25.9 Å². The number of hydrogen-bond acceptors (Lipinski definition) is 5. The molecule has 1 aromatic heterocycles. The Hall–Kier alpha value is -2.25. The molecule has 21 heavy (non-hydrogen) atoms. The molecule has 1 aromatic carbocycles. The van der Waals surface area contributed by atoms with Crippen molar-refractivity contribution in [2.24, 2.45) is 5.73 Å². The molecule has 1 heterocycles. The molecule has 2 aromatic rings. The molecule has 2 amide bonds. The van der Waals surface area contributed by atoms with Gasteiger partial charge in [0, 0.05) is 37.3 Å². The molecule has 110 valence electrons. The number of nitrogens with one attached hydrogen (secondary N) is 1. The zero-order valence-corrected chi connectivity index (χ0v) is 12.6. The van der Waals surface area contributed by atoms with Gasteiger partial charge in [-0.05, 0) is 24.3 Å². The predicted octanol–water partition coefficient (Wildman–Crippen LogP) is 1.56. The number of anilines is 1. The van der Waals surface area contributed by atoms with Gasteiger partial charge in [-0.1, -0.05) is 0 Å². The third-order valence-corrected chi connectivity index (χ3v) is 3.63. The second-order valence-electron chi connectivity index (χ2n) is 4.56. The fourth-order valence-corrected chi connectivity index (χ4v) is 2.31. The maximum atomic E-state index is 12.0. The van der Waals surface area contributed by atoms with E-state index in [0.717, 1.165) is 0 Å². The van der Waals surface area contributed by atoms with Crippen LogP contribution < -0.4 is 11.1 Å². The van der Waals surface area contributed by atoms with Gasteiger partial charge in [0.2, 0.25) is 0 Å². The average molecular weight is 304 g/mol. The number of benzene rings is 1. The third-order valence-electron chi connectivity index (χ3n) is 2.75. The summed E-state index contributed by atoms with van der Waals surface area (Å²) in [6, 6.07) is 6.71. The Labute approximate surface area is 126 Å². The molecule has 0 aliphatic rings. The molecule has 0 saturated carbocycles. The highest BCUT2D eigenvalue weighted by molar-refractivity contribution is 7.09. The monoisotopic (exact) mass is 304 g/mol. The van der Waals surface area contributed by atoms with Gasteiger partial charge in [0.25, 0.3) is 11.8 Å². The summed E-state index contributed by atoms with van der Waals surface area (Å²) in [5.41, 5.74) is 6.98. The van der Waals surface area contributed by atoms with Crippen LogP contribution in [0.25, 0.3) is 0 Å². The zero-order chi connectivity index (χ0) is 15.4. The van der Waals surface area contributed by atoms with Gasteiger partial charge in [-0.2, -0.15) is 0 Å². The van der Waals surface area contributed by atoms with E-state index in [9.17, 15) is 9.59 Å². The molecule has 7 heteroatoms. The lowest BCUT2D eigenvalue weighted by atomic mass is 10.2. The summed E-state index contributed by atoms with van der Waals surface area (Å²) in [4.78, 5) is 29.4. The number of nitrogens with zero attached hydrogens (tertiary/aromatic N) is 2. The van der Waals surface area contributed by atoms with Gasteiger partial charge >= 0.3 is 0 Å². The highest BCUT2D eigenvalue weighted by Crippen LogP contribution is 2.14. The van der Waals surface area contributed by atoms with Crippen molar-refractivity contribution in [3.05, 3.63) is 45.9 Å². The lowest BCUT2D eigenvalue weighted by Gasteiger charge is -2.10. The van der Waals surface area contributed by atoms with E-state index in [4.69, 9.17) is 5.73 Å². The minimum atomic E-state index is -0.294. The number of carbonyl (C=O) groups excluding carboxylic acids is 2. The SMILES string of the molecule is CN(C)C(=O)c1ccc(NC(=O)c2csc(CN)n2)cc1. The molecule has 0 atom stereocenters. The molecule has 0 aliphatic carbocycles. The molecule has 0 bridgehead atoms. The molecule has 2 rings (SSSR count). The highest BCUT2D eigenvalue weighted by atomic mass is 32.1. The number of nitrogens with two attached hydrogens (primary N) is 1. The average Bonchev–Trinajstić information content (AvgIpc) is 2.96. The van der Waals surface area contributed by atoms with E-state index >= 15 is 0 Å². The van der Waals surface area contributed by atoms with Gasteiger partial charge in [-0.25, -0.2) is 4.98 Å². The zero-order valence-electron chi connectivity index (χ0n) is 11.8. The standard InChI is InChI=1S/C14H16N4O2S/c1-18(2)14(20)9-3-5-10(6-4-9)16-13(19)11-8-21-12(7-15)17-11/h3-6,8H,7,15H2,1-2H3,(H,16,19). The normalized spacial score (nSPS) is 10.2. The molecule has 0 fully saturated rings. The molecule has 3 N–H and O–H groups in total. The molecule has 0 unspecified atom stereocenters. The summed E-state index contributed by atoms with van der Waals surface area (Å²) in [6.07, 6.45) is 0. The van der Waals surface area contributed by atoms with E-state index < -0.39 is 0 Å². The minimum absolute atomic E-state index is 0.0834. The van der Waals surface area contributed by atoms with Crippen LogP contribution in [-0.4, -0.2) is 35.8 Å². The number of hydrogen-bond donors (Lipinski definition) is 2. The van der Waals surface area contributed by atoms with E-state index in [-0.39, 0.29) is 11.8 Å². The number of aromatic nitrogens is 1. The van der Waals surface area contributed by atoms with Gasteiger partial charge in [0.15, 0.2) is 0 Å². The molecule has 0 saturated heterocycles. The van der Waals surface area contributed by atoms with Crippen molar-refractivity contribution in [2.75, 3.05) is 19.4 Å². The topological polar surface area (TPSA) is 88.3 Å². The maximum Gasteiger partial charge on any atom is 0.275 e. The Morgan fingerprint density at radius 2 is 1.95 bits per heavy atom. The molecule has 0 radical (unpaired) electrons. The first kappa shape index (κ1) is 15.1. The Morgan fingerprint density at radius 3 is 2.48 bits per heavy atom. The van der Waals surface area contributed by atoms with Gasteiger partial charge < -0.3 is 16.0 Å². The molecule has 0 spiro atoms. The molecule has 0 aliphatic heterocycles. The fourth-order valence-electron chi connectivity index (χ4n) is 1.66. The van der Waals surface area contributed by atoms with Gasteiger partial charge in [0.05, 0.1) is 0 Å². The molecular weight excluding hydrogens is 288 g/mol. The summed E-state index contributed by atoms with van der Waals surface area (Å²) in [7, 11) is 3.38. The van der Waals surface area contributed by atoms with Crippen molar-refractivity contribution in [1.82, 2.24) is 9.88 Å². The summed E-state index contributed by atoms with van der Waals surface area (Å²) in [5, 5.41) is 5.11. The first-order chi connectivity index (χ1) is 10.0. The van der Waals surface area contributed by atoms with Gasteiger partial charge in [-0.3, -0.25) is 9.59 Å². The van der Waals surface area contributed by atoms with Crippen LogP contribution >= 0.6 is 11.3 Å². The van der Waals surface area contributed by atoms with Crippen LogP contribution in [0.3, 0.4) is 0 Å². The van der Waals surface area contributed by atoms with Crippen LogP contribution in [-0.2, 0) is 6.54 Å². The van der Waals surface area contributed by atoms with E-state index in [1.165, 1.54) is 16.2 Å². The minimum Gasteiger partial charge on any atom is -0.345 e. The van der Waals surface area contributed by atoms with Crippen molar-refractivity contribution in [1.29, 1.82) is 0 Å². The summed E-state index contributed by atoms with van der Waals surface area (Å²) in [5.74, 6) is -0.377. The predicted molar refractivity (Wildman–Crippen MR) is 82.4 cm³/mol. The maximum absolute atomic E-state index is 12.0. The third kappa shape index (κ3) is 3.65. The molecular formula is C14H16N4O2S. The highest BCUT2D eigenvalue weighted by Gasteiger charge is 2.11. The molecule has 6 nitrogen and oxygen atoms in total. The first-order valence-corrected chi connectivity index (χ1v) is 7.16. The van der Waals surface area contributed by atoms with E-state index in [0.29, 0.717) is 28.5 Å². The lowest BCUT2D eigenvalue weighted by molar-refractivity contribution is 0.0827. The van der Waals surface area contributed by atoms with Gasteiger partial charge in [0.1, 0.15) is 10.7 Å². The number of thiazole rings is 1. The van der Waals surface area contributed by atoms with Crippen molar-refractivity contribution < 1.29 is 9.59 Å². The Kier molecular flexibility index (Phi) is 4.66. The van der Waals surface area contributed by atoms with Crippen LogP contribution in [0, 0.1) is 0 Å². The van der Waals surface area contributed by atoms with Gasteiger partial charge in [-0.15, -0.1) is 11.3 Å².